The van der Waals surface area contributed by atoms with Crippen molar-refractivity contribution in [1.82, 2.24) is 9.80 Å². The molecule has 3 nitrogen and oxygen atoms in total. The maximum Gasteiger partial charge on any atom is 0.0695 e. The van der Waals surface area contributed by atoms with Gasteiger partial charge in [-0.2, -0.15) is 0 Å². The molecule has 0 aromatic heterocycles. The van der Waals surface area contributed by atoms with Crippen molar-refractivity contribution in [2.75, 3.05) is 26.2 Å². The third-order valence-corrected chi connectivity index (χ3v) is 4.48. The smallest absolute Gasteiger partial charge is 0.0695 e. The highest BCUT2D eigenvalue weighted by Crippen LogP contribution is 2.25. The van der Waals surface area contributed by atoms with Gasteiger partial charge in [-0.15, -0.1) is 0 Å². The van der Waals surface area contributed by atoms with Gasteiger partial charge in [0.1, 0.15) is 0 Å². The zero-order chi connectivity index (χ0) is 11.5. The van der Waals surface area contributed by atoms with Crippen LogP contribution in [0, 0.1) is 0 Å². The molecule has 1 saturated heterocycles. The quantitative estimate of drug-likeness (QED) is 0.786. The lowest BCUT2D eigenvalue weighted by Crippen LogP contribution is -2.54. The molecule has 1 saturated carbocycles. The standard InChI is InChI=1S/C13H26N2O/c1-3-11(2)14-7-9-15(10-8-14)12-5-4-6-13(12)16/h11-13,16H,3-10H2,1-2H3. The highest BCUT2D eigenvalue weighted by molar-refractivity contribution is 4.88. The van der Waals surface area contributed by atoms with Crippen molar-refractivity contribution in [3.05, 3.63) is 0 Å². The molecule has 1 aliphatic carbocycles. The maximum atomic E-state index is 9.91. The second-order valence-corrected chi connectivity index (χ2v) is 5.39. The van der Waals surface area contributed by atoms with Crippen LogP contribution in [-0.2, 0) is 0 Å². The van der Waals surface area contributed by atoms with Gasteiger partial charge in [0.15, 0.2) is 0 Å². The number of nitrogens with zero attached hydrogens (tertiary/aromatic N) is 2. The maximum absolute atomic E-state index is 9.91. The highest BCUT2D eigenvalue weighted by atomic mass is 16.3. The normalized spacial score (nSPS) is 35.4. The van der Waals surface area contributed by atoms with Crippen LogP contribution in [0.25, 0.3) is 0 Å². The Morgan fingerprint density at radius 3 is 2.38 bits per heavy atom. The molecule has 0 spiro atoms. The number of aliphatic hydroxyl groups excluding tert-OH is 1. The fourth-order valence-electron chi connectivity index (χ4n) is 3.11. The molecule has 0 amide bonds. The lowest BCUT2D eigenvalue weighted by Gasteiger charge is -2.41. The molecular weight excluding hydrogens is 200 g/mol. The number of aliphatic hydroxyl groups is 1. The minimum absolute atomic E-state index is 0.0600. The molecule has 2 aliphatic rings. The fourth-order valence-corrected chi connectivity index (χ4v) is 3.11. The molecule has 3 atom stereocenters. The van der Waals surface area contributed by atoms with Crippen LogP contribution in [0.1, 0.15) is 39.5 Å². The molecule has 3 heteroatoms. The van der Waals surface area contributed by atoms with E-state index in [-0.39, 0.29) is 6.10 Å². The number of rotatable bonds is 3. The Labute approximate surface area is 99.4 Å². The SMILES string of the molecule is CCC(C)N1CCN(C2CCCC2O)CC1. The van der Waals surface area contributed by atoms with Crippen LogP contribution in [0.3, 0.4) is 0 Å². The van der Waals surface area contributed by atoms with E-state index >= 15 is 0 Å². The number of piperazine rings is 1. The topological polar surface area (TPSA) is 26.7 Å². The first-order valence-electron chi connectivity index (χ1n) is 6.88. The van der Waals surface area contributed by atoms with E-state index < -0.39 is 0 Å². The van der Waals surface area contributed by atoms with E-state index in [1.54, 1.807) is 0 Å². The molecule has 0 aromatic carbocycles. The monoisotopic (exact) mass is 226 g/mol. The summed E-state index contributed by atoms with van der Waals surface area (Å²) in [5, 5.41) is 9.91. The van der Waals surface area contributed by atoms with E-state index in [4.69, 9.17) is 0 Å². The van der Waals surface area contributed by atoms with Gasteiger partial charge >= 0.3 is 0 Å². The highest BCUT2D eigenvalue weighted by Gasteiger charge is 2.32. The molecule has 0 radical (unpaired) electrons. The van der Waals surface area contributed by atoms with E-state index in [1.165, 1.54) is 32.4 Å². The van der Waals surface area contributed by atoms with Gasteiger partial charge < -0.3 is 5.11 Å². The van der Waals surface area contributed by atoms with Crippen molar-refractivity contribution in [3.8, 4) is 0 Å². The minimum atomic E-state index is -0.0600. The summed E-state index contributed by atoms with van der Waals surface area (Å²) >= 11 is 0. The predicted molar refractivity (Wildman–Crippen MR) is 66.5 cm³/mol. The van der Waals surface area contributed by atoms with Gasteiger partial charge in [-0.05, 0) is 32.6 Å². The third kappa shape index (κ3) is 2.58. The van der Waals surface area contributed by atoms with Crippen LogP contribution in [0.15, 0.2) is 0 Å². The van der Waals surface area contributed by atoms with Gasteiger partial charge in [0.05, 0.1) is 6.10 Å². The van der Waals surface area contributed by atoms with Crippen LogP contribution in [0.2, 0.25) is 0 Å². The first-order chi connectivity index (χ1) is 7.72. The molecular formula is C13H26N2O. The van der Waals surface area contributed by atoms with Crippen molar-refractivity contribution in [2.45, 2.75) is 57.7 Å². The Balaban J connectivity index is 1.80. The van der Waals surface area contributed by atoms with Crippen molar-refractivity contribution in [3.63, 3.8) is 0 Å². The van der Waals surface area contributed by atoms with Crippen molar-refractivity contribution in [1.29, 1.82) is 0 Å². The summed E-state index contributed by atoms with van der Waals surface area (Å²) < 4.78 is 0. The average molecular weight is 226 g/mol. The molecule has 1 N–H and O–H groups in total. The molecule has 0 aromatic rings. The number of hydrogen-bond acceptors (Lipinski definition) is 3. The Kier molecular flexibility index (Phi) is 4.22. The third-order valence-electron chi connectivity index (χ3n) is 4.48. The van der Waals surface area contributed by atoms with Gasteiger partial charge in [0, 0.05) is 38.3 Å². The minimum Gasteiger partial charge on any atom is -0.391 e. The van der Waals surface area contributed by atoms with E-state index in [9.17, 15) is 5.11 Å². The van der Waals surface area contributed by atoms with E-state index in [0.29, 0.717) is 6.04 Å². The van der Waals surface area contributed by atoms with Gasteiger partial charge in [-0.1, -0.05) is 6.92 Å². The van der Waals surface area contributed by atoms with Gasteiger partial charge in [-0.3, -0.25) is 9.80 Å². The second-order valence-electron chi connectivity index (χ2n) is 5.39. The van der Waals surface area contributed by atoms with Crippen LogP contribution in [0.4, 0.5) is 0 Å². The largest absolute Gasteiger partial charge is 0.391 e. The van der Waals surface area contributed by atoms with E-state index in [1.807, 2.05) is 0 Å². The van der Waals surface area contributed by atoms with Crippen LogP contribution in [-0.4, -0.2) is 59.3 Å². The number of hydrogen-bond donors (Lipinski definition) is 1. The lowest BCUT2D eigenvalue weighted by atomic mass is 10.1. The van der Waals surface area contributed by atoms with Crippen molar-refractivity contribution in [2.24, 2.45) is 0 Å². The lowest BCUT2D eigenvalue weighted by molar-refractivity contribution is 0.0253. The first kappa shape index (κ1) is 12.3. The van der Waals surface area contributed by atoms with Gasteiger partial charge in [0.25, 0.3) is 0 Å². The van der Waals surface area contributed by atoms with Crippen molar-refractivity contribution >= 4 is 0 Å². The Bertz CT molecular complexity index is 214. The van der Waals surface area contributed by atoms with Crippen LogP contribution >= 0.6 is 0 Å². The van der Waals surface area contributed by atoms with Crippen molar-refractivity contribution < 1.29 is 5.11 Å². The zero-order valence-corrected chi connectivity index (χ0v) is 10.7. The Morgan fingerprint density at radius 2 is 1.88 bits per heavy atom. The molecule has 2 rings (SSSR count). The summed E-state index contributed by atoms with van der Waals surface area (Å²) in [6, 6.07) is 1.18. The summed E-state index contributed by atoms with van der Waals surface area (Å²) in [6.45, 7) is 9.23. The fraction of sp³-hybridized carbons (Fsp3) is 1.00. The molecule has 16 heavy (non-hydrogen) atoms. The first-order valence-corrected chi connectivity index (χ1v) is 6.88. The molecule has 0 bridgehead atoms. The molecule has 3 unspecified atom stereocenters. The molecule has 1 aliphatic heterocycles. The summed E-state index contributed by atoms with van der Waals surface area (Å²) in [7, 11) is 0. The predicted octanol–water partition coefficient (Wildman–Crippen LogP) is 1.32. The average Bonchev–Trinajstić information content (AvgIpc) is 2.75. The summed E-state index contributed by atoms with van der Waals surface area (Å²) in [5.74, 6) is 0. The second kappa shape index (κ2) is 5.48. The summed E-state index contributed by atoms with van der Waals surface area (Å²) in [5.41, 5.74) is 0. The molecule has 1 heterocycles. The Morgan fingerprint density at radius 1 is 1.19 bits per heavy atom. The zero-order valence-electron chi connectivity index (χ0n) is 10.7. The summed E-state index contributed by atoms with van der Waals surface area (Å²) in [6.07, 6.45) is 4.60. The molecule has 94 valence electrons. The molecule has 2 fully saturated rings. The summed E-state index contributed by atoms with van der Waals surface area (Å²) in [4.78, 5) is 5.09. The van der Waals surface area contributed by atoms with Crippen LogP contribution < -0.4 is 0 Å². The Hall–Kier alpha value is -0.120. The van der Waals surface area contributed by atoms with Crippen LogP contribution in [0.5, 0.6) is 0 Å². The van der Waals surface area contributed by atoms with E-state index in [2.05, 4.69) is 23.6 Å². The van der Waals surface area contributed by atoms with Gasteiger partial charge in [0.2, 0.25) is 0 Å². The van der Waals surface area contributed by atoms with Gasteiger partial charge in [-0.25, -0.2) is 0 Å². The van der Waals surface area contributed by atoms with E-state index in [0.717, 1.165) is 25.6 Å².